The highest BCUT2D eigenvalue weighted by atomic mass is 16.5. The fourth-order valence-electron chi connectivity index (χ4n) is 3.23. The number of nitrogens with one attached hydrogen (secondary N) is 1. The summed E-state index contributed by atoms with van der Waals surface area (Å²) in [6.07, 6.45) is 18.9. The Bertz CT molecular complexity index is 1140. The van der Waals surface area contributed by atoms with Crippen LogP contribution in [0.5, 0.6) is 6.01 Å². The number of rotatable bonds is 19. The molecule has 10 heteroatoms. The number of nitrogens with zero attached hydrogens (tertiary/aromatic N) is 4. The van der Waals surface area contributed by atoms with Gasteiger partial charge in [0.05, 0.1) is 12.2 Å². The Kier molecular flexibility index (Phi) is 33.7. The molecule has 0 atom stereocenters. The normalized spacial score (nSPS) is 11.6. The molecule has 1 rings (SSSR count). The fourth-order valence-corrected chi connectivity index (χ4v) is 3.23. The van der Waals surface area contributed by atoms with Gasteiger partial charge in [-0.1, -0.05) is 71.9 Å². The third kappa shape index (κ3) is 23.1. The van der Waals surface area contributed by atoms with Crippen molar-refractivity contribution in [1.29, 1.82) is 0 Å². The van der Waals surface area contributed by atoms with E-state index in [1.165, 1.54) is 18.3 Å². The smallest absolute Gasteiger partial charge is 0.335 e. The number of hydrogen-bond acceptors (Lipinski definition) is 8. The molecule has 1 aromatic heterocycles. The Morgan fingerprint density at radius 3 is 2.33 bits per heavy atom. The number of aromatic nitrogens is 2. The van der Waals surface area contributed by atoms with E-state index >= 15 is 0 Å². The summed E-state index contributed by atoms with van der Waals surface area (Å²) in [5.41, 5.74) is 1.01. The second-order valence-corrected chi connectivity index (χ2v) is 8.30. The molecule has 10 nitrogen and oxygen atoms in total. The lowest BCUT2D eigenvalue weighted by molar-refractivity contribution is -0.132. The molecule has 2 N–H and O–H groups in total. The molecule has 0 aliphatic heterocycles. The summed E-state index contributed by atoms with van der Waals surface area (Å²) >= 11 is 0. The lowest BCUT2D eigenvalue weighted by Gasteiger charge is -2.22. The summed E-state index contributed by atoms with van der Waals surface area (Å²) in [6, 6.07) is 1.64. The van der Waals surface area contributed by atoms with Gasteiger partial charge in [0.2, 0.25) is 0 Å². The lowest BCUT2D eigenvalue weighted by Crippen LogP contribution is -2.24. The number of carboxylic acid groups (broad SMARTS) is 1. The number of amides is 1. The molecule has 0 aromatic carbocycles. The summed E-state index contributed by atoms with van der Waals surface area (Å²) < 4.78 is 11.0. The monoisotopic (exact) mass is 641 g/mol. The van der Waals surface area contributed by atoms with Crippen molar-refractivity contribution in [2.24, 2.45) is 4.99 Å². The van der Waals surface area contributed by atoms with Gasteiger partial charge in [-0.2, -0.15) is 4.98 Å². The first kappa shape index (κ1) is 46.1. The van der Waals surface area contributed by atoms with Gasteiger partial charge >= 0.3 is 12.0 Å². The second kappa shape index (κ2) is 33.6. The van der Waals surface area contributed by atoms with E-state index < -0.39 is 5.97 Å². The minimum atomic E-state index is -0.974. The predicted molar refractivity (Wildman–Crippen MR) is 192 cm³/mol. The maximum absolute atomic E-state index is 12.6. The van der Waals surface area contributed by atoms with Gasteiger partial charge < -0.3 is 24.8 Å². The molecular weight excluding hydrogens is 582 g/mol. The molecule has 0 saturated carbocycles. The van der Waals surface area contributed by atoms with Gasteiger partial charge in [-0.05, 0) is 77.6 Å². The Morgan fingerprint density at radius 2 is 1.74 bits per heavy atom. The minimum absolute atomic E-state index is 0.122. The number of carboxylic acids is 1. The average Bonchev–Trinajstić information content (AvgIpc) is 3.09. The van der Waals surface area contributed by atoms with E-state index in [9.17, 15) is 9.59 Å². The van der Waals surface area contributed by atoms with Crippen LogP contribution in [0.15, 0.2) is 89.0 Å². The van der Waals surface area contributed by atoms with E-state index in [1.54, 1.807) is 38.2 Å². The molecule has 0 saturated heterocycles. The van der Waals surface area contributed by atoms with Crippen molar-refractivity contribution >= 4 is 18.6 Å². The van der Waals surface area contributed by atoms with Crippen LogP contribution < -0.4 is 10.1 Å². The molecular formula is C36H59N5O5. The van der Waals surface area contributed by atoms with Crippen LogP contribution in [-0.4, -0.2) is 71.5 Å². The highest BCUT2D eigenvalue weighted by Gasteiger charge is 2.10. The van der Waals surface area contributed by atoms with Crippen molar-refractivity contribution in [3.05, 3.63) is 89.7 Å². The standard InChI is InChI=1S/C30H41N5O5.3C2H6/c1-6-9-10-12-22-40-30-32-19-17-26(34-30)28(36)33-24(4)15-16-27(31-5)35(8-3)20-11-13-21-39-23-18-25(14-7-2)29(37)38;3*1-2/h6-7,9-10,12,14-19H,5,8,11,13,20-23H2,1-4H3,(H,33,36)(H,37,38);3*1-2H3/b9-6-,12-10-,14-7-,24-15+,25-18+,27-16+;;;. The molecule has 258 valence electrons. The van der Waals surface area contributed by atoms with E-state index in [0.29, 0.717) is 24.7 Å². The van der Waals surface area contributed by atoms with E-state index in [1.807, 2.05) is 79.7 Å². The zero-order valence-electron chi connectivity index (χ0n) is 29.9. The summed E-state index contributed by atoms with van der Waals surface area (Å²) in [7, 11) is 0. The number of allylic oxidation sites excluding steroid dienone is 7. The number of hydrogen-bond donors (Lipinski definition) is 2. The highest BCUT2D eigenvalue weighted by Crippen LogP contribution is 2.09. The topological polar surface area (TPSA) is 126 Å². The Morgan fingerprint density at radius 1 is 1.04 bits per heavy atom. The number of aliphatic carboxylic acids is 1. The average molecular weight is 642 g/mol. The number of carbonyl (C=O) groups is 2. The van der Waals surface area contributed by atoms with Gasteiger partial charge in [-0.15, -0.1) is 0 Å². The van der Waals surface area contributed by atoms with Crippen molar-refractivity contribution in [2.45, 2.75) is 82.1 Å². The maximum Gasteiger partial charge on any atom is 0.335 e. The van der Waals surface area contributed by atoms with Crippen LogP contribution in [-0.2, 0) is 9.53 Å². The van der Waals surface area contributed by atoms with Crippen LogP contribution in [0.4, 0.5) is 0 Å². The highest BCUT2D eigenvalue weighted by molar-refractivity contribution is 5.93. The van der Waals surface area contributed by atoms with Crippen LogP contribution in [0.1, 0.15) is 92.6 Å². The van der Waals surface area contributed by atoms with Gasteiger partial charge in [-0.3, -0.25) is 4.79 Å². The largest absolute Gasteiger partial charge is 0.478 e. The molecule has 0 radical (unpaired) electrons. The lowest BCUT2D eigenvalue weighted by atomic mass is 10.2. The number of aliphatic imine (C=N–C) groups is 1. The molecule has 0 aliphatic rings. The van der Waals surface area contributed by atoms with Crippen LogP contribution >= 0.6 is 0 Å². The van der Waals surface area contributed by atoms with E-state index in [-0.39, 0.29) is 29.8 Å². The van der Waals surface area contributed by atoms with E-state index in [2.05, 4.69) is 31.9 Å². The minimum Gasteiger partial charge on any atom is -0.478 e. The van der Waals surface area contributed by atoms with Crippen molar-refractivity contribution < 1.29 is 24.2 Å². The first-order valence-corrected chi connectivity index (χ1v) is 16.1. The van der Waals surface area contributed by atoms with Crippen LogP contribution in [0.25, 0.3) is 0 Å². The maximum atomic E-state index is 12.6. The SMILES string of the molecule is C=N/C(=C\C=C(/C)NC(=O)c1ccnc(OC/C=C\C=C/C)n1)N(CC)CCCCOC/C=C(\C=C/C)C(=O)O.CC.CC.CC. The van der Waals surface area contributed by atoms with Crippen molar-refractivity contribution in [3.63, 3.8) is 0 Å². The molecule has 46 heavy (non-hydrogen) atoms. The van der Waals surface area contributed by atoms with Crippen molar-refractivity contribution in [2.75, 3.05) is 32.9 Å². The number of carbonyl (C=O) groups excluding carboxylic acids is 1. The van der Waals surface area contributed by atoms with Crippen molar-refractivity contribution in [1.82, 2.24) is 20.2 Å². The first-order chi connectivity index (χ1) is 22.4. The molecule has 0 bridgehead atoms. The number of unbranched alkanes of at least 4 members (excludes halogenated alkanes) is 1. The van der Waals surface area contributed by atoms with E-state index in [0.717, 1.165) is 25.9 Å². The summed E-state index contributed by atoms with van der Waals surface area (Å²) in [4.78, 5) is 38.2. The summed E-state index contributed by atoms with van der Waals surface area (Å²) in [5, 5.41) is 11.9. The molecule has 1 amide bonds. The Labute approximate surface area is 278 Å². The van der Waals surface area contributed by atoms with Gasteiger partial charge in [0, 0.05) is 31.6 Å². The third-order valence-corrected chi connectivity index (χ3v) is 5.26. The van der Waals surface area contributed by atoms with Gasteiger partial charge in [0.15, 0.2) is 0 Å². The zero-order chi connectivity index (χ0) is 35.6. The fraction of sp³-hybridized carbons (Fsp3) is 0.472. The molecule has 1 aromatic rings. The summed E-state index contributed by atoms with van der Waals surface area (Å²) in [5.74, 6) is -0.672. The number of ether oxygens (including phenoxy) is 2. The van der Waals surface area contributed by atoms with Gasteiger partial charge in [0.25, 0.3) is 5.91 Å². The third-order valence-electron chi connectivity index (χ3n) is 5.26. The second-order valence-electron chi connectivity index (χ2n) is 8.30. The van der Waals surface area contributed by atoms with Gasteiger partial charge in [0.1, 0.15) is 18.1 Å². The molecule has 0 aliphatic carbocycles. The van der Waals surface area contributed by atoms with Crippen molar-refractivity contribution in [3.8, 4) is 6.01 Å². The van der Waals surface area contributed by atoms with Crippen LogP contribution in [0.2, 0.25) is 0 Å². The van der Waals surface area contributed by atoms with Crippen LogP contribution in [0.3, 0.4) is 0 Å². The van der Waals surface area contributed by atoms with Gasteiger partial charge in [-0.25, -0.2) is 14.8 Å². The quantitative estimate of drug-likeness (QED) is 0.0675. The molecule has 0 spiro atoms. The Hall–Kier alpha value is -4.31. The predicted octanol–water partition coefficient (Wildman–Crippen LogP) is 7.95. The summed E-state index contributed by atoms with van der Waals surface area (Å²) in [6.45, 7) is 25.7. The van der Waals surface area contributed by atoms with Crippen LogP contribution in [0, 0.1) is 0 Å². The van der Waals surface area contributed by atoms with E-state index in [4.69, 9.17) is 14.6 Å². The first-order valence-electron chi connectivity index (χ1n) is 16.1. The molecule has 0 unspecified atom stereocenters. The molecule has 0 fully saturated rings. The zero-order valence-corrected chi connectivity index (χ0v) is 29.9. The molecule has 1 heterocycles. The Balaban J connectivity index is -0.00000290.